The Morgan fingerprint density at radius 2 is 2.20 bits per heavy atom. The Hall–Kier alpha value is -2.02. The minimum atomic E-state index is -2.02. The molecule has 1 fully saturated rings. The first-order valence-corrected chi connectivity index (χ1v) is 13.4. The van der Waals surface area contributed by atoms with Gasteiger partial charge in [-0.1, -0.05) is 24.4 Å². The molecule has 3 atom stereocenters. The van der Waals surface area contributed by atoms with Crippen LogP contribution in [0.25, 0.3) is 0 Å². The van der Waals surface area contributed by atoms with Crippen LogP contribution in [-0.2, 0) is 22.5 Å². The molecule has 12 heteroatoms. The lowest BCUT2D eigenvalue weighted by atomic mass is 9.84. The third-order valence-corrected chi connectivity index (χ3v) is 7.12. The second-order valence-electron chi connectivity index (χ2n) is 8.85. The van der Waals surface area contributed by atoms with Gasteiger partial charge < -0.3 is 20.1 Å². The lowest BCUT2D eigenvalue weighted by Gasteiger charge is -2.32. The Bertz CT molecular complexity index is 1010. The highest BCUT2D eigenvalue weighted by Crippen LogP contribution is 2.31. The summed E-state index contributed by atoms with van der Waals surface area (Å²) in [6.45, 7) is 4.24. The van der Waals surface area contributed by atoms with Gasteiger partial charge in [-0.15, -0.1) is 0 Å². The molecule has 4 rings (SSSR count). The fraction of sp³-hybridized carbons (Fsp3) is 0.565. The van der Waals surface area contributed by atoms with E-state index in [0.29, 0.717) is 36.5 Å². The molecule has 1 saturated carbocycles. The zero-order valence-corrected chi connectivity index (χ0v) is 21.4. The Kier molecular flexibility index (Phi) is 9.52. The zero-order chi connectivity index (χ0) is 24.6. The van der Waals surface area contributed by atoms with Crippen LogP contribution in [0.1, 0.15) is 31.2 Å². The lowest BCUT2D eigenvalue weighted by Crippen LogP contribution is -2.39. The standard InChI is InChI=1S/C23H33ClN6O4S/c1-33-10-8-30-9-11-34-21-7-6-18(12-17(21)15-30)27-23-25-14-19(24)22(29-23)28-20-5-3-2-4-16(20)13-26-35(31)32/h6-7,12,14,16,20,26H,2-5,8-11,13,15H2,1H3,(H,31,32)(H2,25,27,28,29)/t16-,20-/m1/s1. The quantitative estimate of drug-likeness (QED) is 0.346. The van der Waals surface area contributed by atoms with Gasteiger partial charge in [-0.05, 0) is 37.0 Å². The largest absolute Gasteiger partial charge is 0.492 e. The third kappa shape index (κ3) is 7.48. The molecular weight excluding hydrogens is 492 g/mol. The second-order valence-corrected chi connectivity index (χ2v) is 10.0. The molecule has 192 valence electrons. The minimum absolute atomic E-state index is 0.0998. The van der Waals surface area contributed by atoms with Crippen molar-refractivity contribution in [2.24, 2.45) is 5.92 Å². The van der Waals surface area contributed by atoms with Gasteiger partial charge in [-0.3, -0.25) is 9.45 Å². The van der Waals surface area contributed by atoms with E-state index in [9.17, 15) is 4.21 Å². The van der Waals surface area contributed by atoms with Crippen molar-refractivity contribution in [2.75, 3.05) is 50.6 Å². The van der Waals surface area contributed by atoms with Gasteiger partial charge in [0.25, 0.3) is 0 Å². The van der Waals surface area contributed by atoms with Gasteiger partial charge in [-0.2, -0.15) is 4.98 Å². The van der Waals surface area contributed by atoms with E-state index < -0.39 is 11.3 Å². The lowest BCUT2D eigenvalue weighted by molar-refractivity contribution is 0.138. The van der Waals surface area contributed by atoms with Gasteiger partial charge in [0, 0.05) is 50.6 Å². The summed E-state index contributed by atoms with van der Waals surface area (Å²) in [5.74, 6) is 2.07. The van der Waals surface area contributed by atoms with Crippen LogP contribution in [0, 0.1) is 5.92 Å². The van der Waals surface area contributed by atoms with Crippen LogP contribution in [0.2, 0.25) is 5.02 Å². The number of rotatable bonds is 10. The van der Waals surface area contributed by atoms with Crippen molar-refractivity contribution in [3.05, 3.63) is 35.0 Å². The average Bonchev–Trinajstić information content (AvgIpc) is 3.05. The Morgan fingerprint density at radius 3 is 3.03 bits per heavy atom. The van der Waals surface area contributed by atoms with Gasteiger partial charge in [0.05, 0.1) is 12.8 Å². The third-order valence-electron chi connectivity index (χ3n) is 6.43. The van der Waals surface area contributed by atoms with Crippen molar-refractivity contribution in [3.63, 3.8) is 0 Å². The van der Waals surface area contributed by atoms with Crippen molar-refractivity contribution >= 4 is 40.3 Å². The smallest absolute Gasteiger partial charge is 0.231 e. The monoisotopic (exact) mass is 524 g/mol. The molecule has 2 aromatic rings. The number of anilines is 3. The van der Waals surface area contributed by atoms with E-state index in [1.807, 2.05) is 12.1 Å². The summed E-state index contributed by atoms with van der Waals surface area (Å²) in [4.78, 5) is 11.3. The summed E-state index contributed by atoms with van der Waals surface area (Å²) in [6.07, 6.45) is 5.67. The predicted octanol–water partition coefficient (Wildman–Crippen LogP) is 3.41. The number of methoxy groups -OCH3 is 1. The molecule has 1 unspecified atom stereocenters. The maximum atomic E-state index is 11.1. The minimum Gasteiger partial charge on any atom is -0.492 e. The summed E-state index contributed by atoms with van der Waals surface area (Å²) in [5.41, 5.74) is 1.95. The fourth-order valence-corrected chi connectivity index (χ4v) is 5.09. The van der Waals surface area contributed by atoms with Crippen molar-refractivity contribution in [1.29, 1.82) is 0 Å². The number of halogens is 1. The fourth-order valence-electron chi connectivity index (χ4n) is 4.59. The van der Waals surface area contributed by atoms with E-state index in [4.69, 9.17) is 25.6 Å². The Labute approximate surface area is 213 Å². The van der Waals surface area contributed by atoms with Gasteiger partial charge in [0.1, 0.15) is 17.4 Å². The van der Waals surface area contributed by atoms with Gasteiger partial charge in [0.2, 0.25) is 17.2 Å². The van der Waals surface area contributed by atoms with E-state index >= 15 is 0 Å². The number of nitrogens with one attached hydrogen (secondary N) is 3. The normalized spacial score (nSPS) is 21.5. The molecule has 4 N–H and O–H groups in total. The number of hydrogen-bond donors (Lipinski definition) is 4. The number of aromatic nitrogens is 2. The van der Waals surface area contributed by atoms with E-state index in [2.05, 4.69) is 36.3 Å². The van der Waals surface area contributed by atoms with Crippen LogP contribution < -0.4 is 20.1 Å². The predicted molar refractivity (Wildman–Crippen MR) is 138 cm³/mol. The van der Waals surface area contributed by atoms with Gasteiger partial charge in [-0.25, -0.2) is 13.9 Å². The highest BCUT2D eigenvalue weighted by atomic mass is 35.5. The van der Waals surface area contributed by atoms with Gasteiger partial charge >= 0.3 is 0 Å². The Morgan fingerprint density at radius 1 is 1.34 bits per heavy atom. The molecule has 2 aliphatic rings. The van der Waals surface area contributed by atoms with Crippen LogP contribution >= 0.6 is 11.6 Å². The van der Waals surface area contributed by atoms with Crippen molar-refractivity contribution < 1.29 is 18.2 Å². The maximum Gasteiger partial charge on any atom is 0.231 e. The first-order valence-electron chi connectivity index (χ1n) is 11.9. The molecule has 0 amide bonds. The zero-order valence-electron chi connectivity index (χ0n) is 19.8. The van der Waals surface area contributed by atoms with Crippen molar-refractivity contribution in [3.8, 4) is 5.75 Å². The summed E-state index contributed by atoms with van der Waals surface area (Å²) >= 11 is 4.39. The van der Waals surface area contributed by atoms with E-state index in [1.165, 1.54) is 0 Å². The summed E-state index contributed by atoms with van der Waals surface area (Å²) in [6, 6.07) is 6.08. The number of nitrogens with zero attached hydrogens (tertiary/aromatic N) is 3. The van der Waals surface area contributed by atoms with Crippen LogP contribution in [0.3, 0.4) is 0 Å². The van der Waals surface area contributed by atoms with Crippen LogP contribution in [-0.4, -0.2) is 69.6 Å². The molecule has 1 aromatic carbocycles. The van der Waals surface area contributed by atoms with Crippen molar-refractivity contribution in [1.82, 2.24) is 19.6 Å². The van der Waals surface area contributed by atoms with Gasteiger partial charge in [0.15, 0.2) is 5.82 Å². The van der Waals surface area contributed by atoms with Crippen LogP contribution in [0.5, 0.6) is 5.75 Å². The molecule has 0 spiro atoms. The SMILES string of the molecule is COCCN1CCOc2ccc(Nc3ncc(Cl)c(N[C@@H]4CCCC[C@@H]4CNS(=O)O)n3)cc2C1. The number of benzene rings is 1. The molecule has 1 aromatic heterocycles. The van der Waals surface area contributed by atoms with E-state index in [-0.39, 0.29) is 12.0 Å². The molecule has 0 saturated heterocycles. The maximum absolute atomic E-state index is 11.1. The highest BCUT2D eigenvalue weighted by Gasteiger charge is 2.26. The average molecular weight is 525 g/mol. The highest BCUT2D eigenvalue weighted by molar-refractivity contribution is 7.77. The topological polar surface area (TPSA) is 121 Å². The van der Waals surface area contributed by atoms with E-state index in [0.717, 1.165) is 62.3 Å². The number of hydrogen-bond acceptors (Lipinski definition) is 8. The Balaban J connectivity index is 1.45. The summed E-state index contributed by atoms with van der Waals surface area (Å²) in [7, 11) is 1.71. The van der Waals surface area contributed by atoms with Crippen LogP contribution in [0.4, 0.5) is 17.5 Å². The molecule has 2 heterocycles. The molecular formula is C23H33ClN6O4S. The number of ether oxygens (including phenoxy) is 2. The molecule has 10 nitrogen and oxygen atoms in total. The summed E-state index contributed by atoms with van der Waals surface area (Å²) < 4.78 is 33.9. The molecule has 35 heavy (non-hydrogen) atoms. The first-order chi connectivity index (χ1) is 17.0. The molecule has 0 radical (unpaired) electrons. The van der Waals surface area contributed by atoms with Crippen LogP contribution in [0.15, 0.2) is 24.4 Å². The second kappa shape index (κ2) is 12.8. The number of fused-ring (bicyclic) bond motifs is 1. The first kappa shape index (κ1) is 26.1. The van der Waals surface area contributed by atoms with Crippen molar-refractivity contribution in [2.45, 2.75) is 38.3 Å². The summed E-state index contributed by atoms with van der Waals surface area (Å²) in [5, 5.41) is 7.17. The molecule has 0 bridgehead atoms. The molecule has 1 aliphatic carbocycles. The molecule has 1 aliphatic heterocycles. The van der Waals surface area contributed by atoms with E-state index in [1.54, 1.807) is 13.3 Å².